The Morgan fingerprint density at radius 1 is 1.50 bits per heavy atom. The zero-order valence-electron chi connectivity index (χ0n) is 10.9. The molecule has 0 radical (unpaired) electrons. The summed E-state index contributed by atoms with van der Waals surface area (Å²) in [4.78, 5) is 11.5. The highest BCUT2D eigenvalue weighted by molar-refractivity contribution is 8.00. The fourth-order valence-corrected chi connectivity index (χ4v) is 4.23. The van der Waals surface area contributed by atoms with Gasteiger partial charge >= 0.3 is 5.97 Å². The van der Waals surface area contributed by atoms with Gasteiger partial charge in [-0.1, -0.05) is 6.92 Å². The molecule has 2 saturated carbocycles. The molecule has 0 aliphatic heterocycles. The molecule has 0 aromatic carbocycles. The van der Waals surface area contributed by atoms with Crippen LogP contribution < -0.4 is 5.32 Å². The molecule has 2 aliphatic carbocycles. The van der Waals surface area contributed by atoms with Crippen molar-refractivity contribution in [3.8, 4) is 0 Å². The SMILES string of the molecule is CC(CCO)SC1CCC(NC2CC2)(C(=O)O)C1. The number of hydrogen-bond acceptors (Lipinski definition) is 4. The minimum Gasteiger partial charge on any atom is -0.480 e. The highest BCUT2D eigenvalue weighted by Gasteiger charge is 2.48. The minimum atomic E-state index is -0.688. The number of hydrogen-bond donors (Lipinski definition) is 3. The van der Waals surface area contributed by atoms with E-state index < -0.39 is 11.5 Å². The van der Waals surface area contributed by atoms with Crippen LogP contribution in [0.4, 0.5) is 0 Å². The molecule has 0 spiro atoms. The molecule has 18 heavy (non-hydrogen) atoms. The molecule has 3 atom stereocenters. The van der Waals surface area contributed by atoms with Gasteiger partial charge in [-0.15, -0.1) is 0 Å². The van der Waals surface area contributed by atoms with Crippen LogP contribution in [-0.2, 0) is 4.79 Å². The van der Waals surface area contributed by atoms with Gasteiger partial charge in [0.25, 0.3) is 0 Å². The van der Waals surface area contributed by atoms with Crippen molar-refractivity contribution in [2.75, 3.05) is 6.61 Å². The molecule has 2 fully saturated rings. The van der Waals surface area contributed by atoms with Crippen LogP contribution in [0, 0.1) is 0 Å². The molecule has 104 valence electrons. The van der Waals surface area contributed by atoms with Crippen molar-refractivity contribution in [3.05, 3.63) is 0 Å². The zero-order chi connectivity index (χ0) is 13.2. The van der Waals surface area contributed by atoms with E-state index >= 15 is 0 Å². The van der Waals surface area contributed by atoms with E-state index in [1.54, 1.807) is 0 Å². The lowest BCUT2D eigenvalue weighted by Gasteiger charge is -2.26. The van der Waals surface area contributed by atoms with Crippen molar-refractivity contribution in [2.45, 2.75) is 67.5 Å². The number of thioether (sulfide) groups is 1. The molecule has 2 rings (SSSR count). The van der Waals surface area contributed by atoms with Gasteiger partial charge < -0.3 is 10.2 Å². The van der Waals surface area contributed by atoms with Crippen molar-refractivity contribution in [1.29, 1.82) is 0 Å². The van der Waals surface area contributed by atoms with Crippen LogP contribution in [0.5, 0.6) is 0 Å². The van der Waals surface area contributed by atoms with Crippen LogP contribution in [0.15, 0.2) is 0 Å². The van der Waals surface area contributed by atoms with Crippen molar-refractivity contribution >= 4 is 17.7 Å². The normalized spacial score (nSPS) is 33.6. The molecule has 5 heteroatoms. The molecule has 0 aromatic heterocycles. The first-order valence-electron chi connectivity index (χ1n) is 6.83. The van der Waals surface area contributed by atoms with Gasteiger partial charge in [0, 0.05) is 23.1 Å². The number of aliphatic carboxylic acids is 1. The van der Waals surface area contributed by atoms with Crippen LogP contribution >= 0.6 is 11.8 Å². The summed E-state index contributed by atoms with van der Waals surface area (Å²) in [5.41, 5.74) is -0.683. The van der Waals surface area contributed by atoms with Gasteiger partial charge in [-0.3, -0.25) is 10.1 Å². The van der Waals surface area contributed by atoms with E-state index in [0.717, 1.165) is 38.5 Å². The van der Waals surface area contributed by atoms with Gasteiger partial charge in [0.2, 0.25) is 0 Å². The molecule has 3 unspecified atom stereocenters. The highest BCUT2D eigenvalue weighted by Crippen LogP contribution is 2.41. The summed E-state index contributed by atoms with van der Waals surface area (Å²) in [6.45, 7) is 2.32. The third-order valence-electron chi connectivity index (χ3n) is 3.90. The van der Waals surface area contributed by atoms with Gasteiger partial charge in [0.1, 0.15) is 5.54 Å². The van der Waals surface area contributed by atoms with Crippen LogP contribution in [0.3, 0.4) is 0 Å². The Hall–Kier alpha value is -0.260. The number of rotatable bonds is 7. The van der Waals surface area contributed by atoms with Gasteiger partial charge in [-0.25, -0.2) is 0 Å². The average Bonchev–Trinajstić information content (AvgIpc) is 3.00. The third-order valence-corrected chi connectivity index (χ3v) is 5.38. The summed E-state index contributed by atoms with van der Waals surface area (Å²) in [5, 5.41) is 22.6. The predicted molar refractivity (Wildman–Crippen MR) is 72.9 cm³/mol. The molecular formula is C13H23NO3S. The van der Waals surface area contributed by atoms with Crippen molar-refractivity contribution in [3.63, 3.8) is 0 Å². The fourth-order valence-electron chi connectivity index (χ4n) is 2.70. The number of carboxylic acids is 1. The third kappa shape index (κ3) is 3.39. The summed E-state index contributed by atoms with van der Waals surface area (Å²) < 4.78 is 0. The first-order valence-corrected chi connectivity index (χ1v) is 7.77. The first kappa shape index (κ1) is 14.2. The van der Waals surface area contributed by atoms with E-state index in [9.17, 15) is 9.90 Å². The second kappa shape index (κ2) is 5.80. The zero-order valence-corrected chi connectivity index (χ0v) is 11.7. The van der Waals surface area contributed by atoms with E-state index in [0.29, 0.717) is 16.5 Å². The Kier molecular flexibility index (Phi) is 4.56. The lowest BCUT2D eigenvalue weighted by atomic mass is 9.98. The average molecular weight is 273 g/mol. The van der Waals surface area contributed by atoms with Gasteiger partial charge in [-0.05, 0) is 38.5 Å². The Balaban J connectivity index is 1.88. The molecule has 0 saturated heterocycles. The van der Waals surface area contributed by atoms with E-state index in [1.165, 1.54) is 0 Å². The summed E-state index contributed by atoms with van der Waals surface area (Å²) >= 11 is 1.84. The quantitative estimate of drug-likeness (QED) is 0.657. The van der Waals surface area contributed by atoms with Crippen molar-refractivity contribution in [1.82, 2.24) is 5.32 Å². The van der Waals surface area contributed by atoms with Gasteiger partial charge in [-0.2, -0.15) is 11.8 Å². The number of aliphatic hydroxyl groups is 1. The molecule has 0 heterocycles. The molecule has 2 aliphatic rings. The fraction of sp³-hybridized carbons (Fsp3) is 0.923. The van der Waals surface area contributed by atoms with E-state index in [-0.39, 0.29) is 6.61 Å². The largest absolute Gasteiger partial charge is 0.480 e. The Morgan fingerprint density at radius 3 is 2.78 bits per heavy atom. The lowest BCUT2D eigenvalue weighted by molar-refractivity contribution is -0.144. The number of carbonyl (C=O) groups is 1. The predicted octanol–water partition coefficient (Wildman–Crippen LogP) is 1.62. The van der Waals surface area contributed by atoms with Crippen LogP contribution in [0.1, 0.15) is 45.4 Å². The molecule has 0 amide bonds. The first-order chi connectivity index (χ1) is 8.55. The number of aliphatic hydroxyl groups excluding tert-OH is 1. The van der Waals surface area contributed by atoms with Gasteiger partial charge in [0.05, 0.1) is 0 Å². The smallest absolute Gasteiger partial charge is 0.323 e. The Morgan fingerprint density at radius 2 is 2.22 bits per heavy atom. The maximum Gasteiger partial charge on any atom is 0.323 e. The lowest BCUT2D eigenvalue weighted by Crippen LogP contribution is -2.51. The topological polar surface area (TPSA) is 69.6 Å². The standard InChI is InChI=1S/C13H23NO3S/c1-9(5-7-15)18-11-4-6-13(8-11,12(16)17)14-10-2-3-10/h9-11,14-15H,2-8H2,1H3,(H,16,17). The summed E-state index contributed by atoms with van der Waals surface area (Å²) in [6, 6.07) is 0.430. The maximum atomic E-state index is 11.5. The minimum absolute atomic E-state index is 0.214. The maximum absolute atomic E-state index is 11.5. The van der Waals surface area contributed by atoms with Crippen LogP contribution in [0.25, 0.3) is 0 Å². The summed E-state index contributed by atoms with van der Waals surface area (Å²) in [6.07, 6.45) is 5.45. The second-order valence-electron chi connectivity index (χ2n) is 5.63. The molecular weight excluding hydrogens is 250 g/mol. The molecule has 4 nitrogen and oxygen atoms in total. The summed E-state index contributed by atoms with van der Waals surface area (Å²) in [5.74, 6) is -0.688. The molecule has 0 bridgehead atoms. The van der Waals surface area contributed by atoms with Crippen molar-refractivity contribution < 1.29 is 15.0 Å². The Labute approximate surface area is 113 Å². The number of carboxylic acid groups (broad SMARTS) is 1. The van der Waals surface area contributed by atoms with Gasteiger partial charge in [0.15, 0.2) is 0 Å². The van der Waals surface area contributed by atoms with Crippen LogP contribution in [0.2, 0.25) is 0 Å². The highest BCUT2D eigenvalue weighted by atomic mass is 32.2. The molecule has 3 N–H and O–H groups in total. The van der Waals surface area contributed by atoms with E-state index in [2.05, 4.69) is 12.2 Å². The van der Waals surface area contributed by atoms with E-state index in [4.69, 9.17) is 5.11 Å². The number of nitrogens with one attached hydrogen (secondary N) is 1. The molecule has 0 aromatic rings. The monoisotopic (exact) mass is 273 g/mol. The van der Waals surface area contributed by atoms with Crippen molar-refractivity contribution in [2.24, 2.45) is 0 Å². The second-order valence-corrected chi connectivity index (χ2v) is 7.37. The van der Waals surface area contributed by atoms with Crippen LogP contribution in [-0.4, -0.2) is 44.9 Å². The summed E-state index contributed by atoms with van der Waals surface area (Å²) in [7, 11) is 0. The Bertz CT molecular complexity index is 309. The van der Waals surface area contributed by atoms with E-state index in [1.807, 2.05) is 11.8 Å².